The van der Waals surface area contributed by atoms with Crippen LogP contribution in [-0.2, 0) is 12.1 Å². The molecule has 0 fully saturated rings. The maximum absolute atomic E-state index is 9.32. The molecule has 4 nitrogen and oxygen atoms in total. The second kappa shape index (κ2) is 4.40. The van der Waals surface area contributed by atoms with E-state index in [0.717, 1.165) is 11.4 Å². The molecule has 1 atom stereocenters. The van der Waals surface area contributed by atoms with Crippen LogP contribution in [0.1, 0.15) is 11.4 Å². The predicted octanol–water partition coefficient (Wildman–Crippen LogP) is 1.57. The molecule has 0 aliphatic carbocycles. The predicted molar refractivity (Wildman–Crippen MR) is 64.9 cm³/mol. The number of imidazole rings is 1. The molecule has 1 heterocycles. The van der Waals surface area contributed by atoms with Crippen LogP contribution in [0.15, 0.2) is 42.7 Å². The number of aryl methyl sites for hydroxylation is 1. The lowest BCUT2D eigenvalue weighted by Gasteiger charge is -2.23. The minimum absolute atomic E-state index is 0.402. The fraction of sp³-hybridized carbons (Fsp3) is 0.231. The van der Waals surface area contributed by atoms with Crippen LogP contribution in [0.25, 0.3) is 0 Å². The van der Waals surface area contributed by atoms with Crippen molar-refractivity contribution in [3.63, 3.8) is 0 Å². The van der Waals surface area contributed by atoms with Gasteiger partial charge in [-0.05, 0) is 12.5 Å². The number of rotatable bonds is 3. The monoisotopic (exact) mass is 226 g/mol. The van der Waals surface area contributed by atoms with E-state index in [1.165, 1.54) is 0 Å². The first-order valence-corrected chi connectivity index (χ1v) is 5.39. The molecule has 2 aromatic rings. The molecule has 1 aromatic heterocycles. The Labute approximate surface area is 100 Å². The third kappa shape index (κ3) is 2.19. The molecule has 0 aliphatic rings. The summed E-state index contributed by atoms with van der Waals surface area (Å²) in [6, 6.07) is 11.6. The first-order valence-electron chi connectivity index (χ1n) is 5.39. The molecule has 0 bridgehead atoms. The average molecular weight is 226 g/mol. The normalized spacial score (nSPS) is 13.9. The Morgan fingerprint density at radius 2 is 2.12 bits per heavy atom. The lowest BCUT2D eigenvalue weighted by Crippen LogP contribution is -2.39. The van der Waals surface area contributed by atoms with E-state index in [0.29, 0.717) is 6.54 Å². The highest BCUT2D eigenvalue weighted by Crippen LogP contribution is 2.20. The lowest BCUT2D eigenvalue weighted by atomic mass is 9.92. The average Bonchev–Trinajstić information content (AvgIpc) is 2.76. The molecule has 2 rings (SSSR count). The minimum atomic E-state index is -1.02. The molecule has 0 spiro atoms. The summed E-state index contributed by atoms with van der Waals surface area (Å²) in [5, 5.41) is 9.32. The first-order chi connectivity index (χ1) is 8.15. The molecular weight excluding hydrogens is 212 g/mol. The Balaban J connectivity index is 2.34. The lowest BCUT2D eigenvalue weighted by molar-refractivity contribution is 0.466. The fourth-order valence-corrected chi connectivity index (χ4v) is 1.77. The van der Waals surface area contributed by atoms with Crippen molar-refractivity contribution in [2.45, 2.75) is 19.0 Å². The number of nitrogens with two attached hydrogens (primary N) is 1. The highest BCUT2D eigenvalue weighted by atomic mass is 15.1. The molecule has 0 saturated carbocycles. The number of nitrogens with zero attached hydrogens (tertiary/aromatic N) is 3. The zero-order valence-electron chi connectivity index (χ0n) is 9.67. The van der Waals surface area contributed by atoms with Crippen molar-refractivity contribution in [3.8, 4) is 6.07 Å². The summed E-state index contributed by atoms with van der Waals surface area (Å²) < 4.78 is 1.89. The van der Waals surface area contributed by atoms with Gasteiger partial charge in [0.2, 0.25) is 0 Å². The third-order valence-corrected chi connectivity index (χ3v) is 2.83. The quantitative estimate of drug-likeness (QED) is 0.863. The topological polar surface area (TPSA) is 67.6 Å². The molecular formula is C13H14N4. The van der Waals surface area contributed by atoms with Gasteiger partial charge in [-0.25, -0.2) is 4.98 Å². The van der Waals surface area contributed by atoms with Crippen LogP contribution < -0.4 is 5.73 Å². The van der Waals surface area contributed by atoms with E-state index in [1.54, 1.807) is 6.20 Å². The van der Waals surface area contributed by atoms with Crippen LogP contribution in [0, 0.1) is 18.3 Å². The van der Waals surface area contributed by atoms with Crippen LogP contribution in [-0.4, -0.2) is 9.55 Å². The molecule has 4 heteroatoms. The Bertz CT molecular complexity index is 538. The standard InChI is InChI=1S/C13H14N4/c1-11-16-7-8-17(11)10-13(15,9-14)12-5-3-2-4-6-12/h2-8H,10,15H2,1H3. The van der Waals surface area contributed by atoms with Crippen LogP contribution in [0.4, 0.5) is 0 Å². The summed E-state index contributed by atoms with van der Waals surface area (Å²) in [5.41, 5.74) is 5.96. The van der Waals surface area contributed by atoms with Gasteiger partial charge in [-0.15, -0.1) is 0 Å². The highest BCUT2D eigenvalue weighted by Gasteiger charge is 2.27. The van der Waals surface area contributed by atoms with Gasteiger partial charge < -0.3 is 10.3 Å². The maximum Gasteiger partial charge on any atom is 0.147 e. The number of hydrogen-bond acceptors (Lipinski definition) is 3. The van der Waals surface area contributed by atoms with Crippen molar-refractivity contribution >= 4 is 0 Å². The minimum Gasteiger partial charge on any atom is -0.332 e. The summed E-state index contributed by atoms with van der Waals surface area (Å²) in [4.78, 5) is 4.13. The Morgan fingerprint density at radius 3 is 2.65 bits per heavy atom. The number of benzene rings is 1. The van der Waals surface area contributed by atoms with Crippen LogP contribution in [0.3, 0.4) is 0 Å². The van der Waals surface area contributed by atoms with Gasteiger partial charge in [0.05, 0.1) is 12.6 Å². The maximum atomic E-state index is 9.32. The molecule has 2 N–H and O–H groups in total. The molecule has 0 amide bonds. The third-order valence-electron chi connectivity index (χ3n) is 2.83. The second-order valence-electron chi connectivity index (χ2n) is 4.05. The van der Waals surface area contributed by atoms with E-state index in [1.807, 2.05) is 48.0 Å². The van der Waals surface area contributed by atoms with Gasteiger partial charge >= 0.3 is 0 Å². The largest absolute Gasteiger partial charge is 0.332 e. The number of nitriles is 1. The zero-order chi connectivity index (χ0) is 12.3. The Hall–Kier alpha value is -2.12. The van der Waals surface area contributed by atoms with Crippen molar-refractivity contribution in [1.29, 1.82) is 5.26 Å². The van der Waals surface area contributed by atoms with Crippen LogP contribution in [0.5, 0.6) is 0 Å². The first kappa shape index (κ1) is 11.4. The van der Waals surface area contributed by atoms with Crippen LogP contribution >= 0.6 is 0 Å². The van der Waals surface area contributed by atoms with Gasteiger partial charge in [0.15, 0.2) is 0 Å². The van der Waals surface area contributed by atoms with Gasteiger partial charge in [-0.3, -0.25) is 0 Å². The molecule has 17 heavy (non-hydrogen) atoms. The van der Waals surface area contributed by atoms with Gasteiger partial charge in [-0.1, -0.05) is 30.3 Å². The van der Waals surface area contributed by atoms with Crippen molar-refractivity contribution in [3.05, 3.63) is 54.1 Å². The summed E-state index contributed by atoms with van der Waals surface area (Å²) in [7, 11) is 0. The smallest absolute Gasteiger partial charge is 0.147 e. The van der Waals surface area contributed by atoms with Gasteiger partial charge in [0.1, 0.15) is 11.4 Å². The van der Waals surface area contributed by atoms with Crippen molar-refractivity contribution < 1.29 is 0 Å². The van der Waals surface area contributed by atoms with E-state index >= 15 is 0 Å². The molecule has 1 unspecified atom stereocenters. The Morgan fingerprint density at radius 1 is 1.41 bits per heavy atom. The van der Waals surface area contributed by atoms with Gasteiger partial charge in [-0.2, -0.15) is 5.26 Å². The molecule has 0 saturated heterocycles. The summed E-state index contributed by atoms with van der Waals surface area (Å²) in [6.07, 6.45) is 3.54. The van der Waals surface area contributed by atoms with Crippen LogP contribution in [0.2, 0.25) is 0 Å². The van der Waals surface area contributed by atoms with E-state index in [9.17, 15) is 5.26 Å². The zero-order valence-corrected chi connectivity index (χ0v) is 9.67. The van der Waals surface area contributed by atoms with Crippen molar-refractivity contribution in [2.75, 3.05) is 0 Å². The highest BCUT2D eigenvalue weighted by molar-refractivity contribution is 5.30. The Kier molecular flexibility index (Phi) is 2.94. The van der Waals surface area contributed by atoms with E-state index < -0.39 is 5.54 Å². The number of aromatic nitrogens is 2. The molecule has 0 radical (unpaired) electrons. The van der Waals surface area contributed by atoms with Gasteiger partial charge in [0, 0.05) is 12.4 Å². The molecule has 86 valence electrons. The SMILES string of the molecule is Cc1nccn1CC(N)(C#N)c1ccccc1. The molecule has 0 aliphatic heterocycles. The molecule has 1 aromatic carbocycles. The summed E-state index contributed by atoms with van der Waals surface area (Å²) in [6.45, 7) is 2.29. The van der Waals surface area contributed by atoms with Gasteiger partial charge in [0.25, 0.3) is 0 Å². The van der Waals surface area contributed by atoms with Crippen molar-refractivity contribution in [2.24, 2.45) is 5.73 Å². The van der Waals surface area contributed by atoms with Crippen molar-refractivity contribution in [1.82, 2.24) is 9.55 Å². The second-order valence-corrected chi connectivity index (χ2v) is 4.05. The van der Waals surface area contributed by atoms with E-state index in [-0.39, 0.29) is 0 Å². The fourth-order valence-electron chi connectivity index (χ4n) is 1.77. The van der Waals surface area contributed by atoms with E-state index in [2.05, 4.69) is 11.1 Å². The number of hydrogen-bond donors (Lipinski definition) is 1. The summed E-state index contributed by atoms with van der Waals surface area (Å²) >= 11 is 0. The summed E-state index contributed by atoms with van der Waals surface area (Å²) in [5.74, 6) is 0.853. The van der Waals surface area contributed by atoms with E-state index in [4.69, 9.17) is 5.73 Å².